The van der Waals surface area contributed by atoms with Crippen molar-refractivity contribution in [2.75, 3.05) is 7.11 Å². The van der Waals surface area contributed by atoms with Gasteiger partial charge in [-0.1, -0.05) is 0 Å². The maximum absolute atomic E-state index is 11.0. The van der Waals surface area contributed by atoms with Crippen LogP contribution in [0.25, 0.3) is 0 Å². The van der Waals surface area contributed by atoms with Crippen LogP contribution >= 0.6 is 0 Å². The summed E-state index contributed by atoms with van der Waals surface area (Å²) in [6.07, 6.45) is 3.84. The molecule has 0 saturated heterocycles. The van der Waals surface area contributed by atoms with Gasteiger partial charge in [0.1, 0.15) is 6.54 Å². The second kappa shape index (κ2) is 5.16. The average molecular weight is 224 g/mol. The van der Waals surface area contributed by atoms with E-state index in [1.165, 1.54) is 12.7 Å². The molecule has 0 aliphatic rings. The van der Waals surface area contributed by atoms with Crippen LogP contribution in [-0.2, 0) is 22.6 Å². The summed E-state index contributed by atoms with van der Waals surface area (Å²) in [5, 5.41) is 3.39. The summed E-state index contributed by atoms with van der Waals surface area (Å²) in [7, 11) is 1.40. The molecule has 0 aliphatic heterocycles. The molecule has 90 valence electrons. The SMILES string of the molecule is COC(=O)Cn1ccc(CNC(C)(C)C)c1. The third kappa shape index (κ3) is 4.49. The standard InChI is InChI=1S/C12H20N2O2/c1-12(2,3)13-7-10-5-6-14(8-10)9-11(15)16-4/h5-6,8,13H,7,9H2,1-4H3. The fraction of sp³-hybridized carbons (Fsp3) is 0.583. The fourth-order valence-corrected chi connectivity index (χ4v) is 1.27. The van der Waals surface area contributed by atoms with Crippen molar-refractivity contribution in [3.63, 3.8) is 0 Å². The Morgan fingerprint density at radius 2 is 2.19 bits per heavy atom. The second-order valence-corrected chi connectivity index (χ2v) is 4.87. The average Bonchev–Trinajstić information content (AvgIpc) is 2.61. The zero-order valence-corrected chi connectivity index (χ0v) is 10.4. The number of aromatic nitrogens is 1. The predicted octanol–water partition coefficient (Wildman–Crippen LogP) is 1.55. The number of carbonyl (C=O) groups excluding carboxylic acids is 1. The molecule has 0 aliphatic carbocycles. The van der Waals surface area contributed by atoms with Crippen molar-refractivity contribution in [1.82, 2.24) is 9.88 Å². The van der Waals surface area contributed by atoms with E-state index in [1.54, 1.807) is 0 Å². The Kier molecular flexibility index (Phi) is 4.12. The van der Waals surface area contributed by atoms with Crippen LogP contribution in [0, 0.1) is 0 Å². The van der Waals surface area contributed by atoms with Crippen molar-refractivity contribution in [1.29, 1.82) is 0 Å². The summed E-state index contributed by atoms with van der Waals surface area (Å²) in [6, 6.07) is 2.00. The third-order valence-corrected chi connectivity index (χ3v) is 2.17. The quantitative estimate of drug-likeness (QED) is 0.789. The molecule has 4 heteroatoms. The topological polar surface area (TPSA) is 43.3 Å². The van der Waals surface area contributed by atoms with Gasteiger partial charge in [-0.2, -0.15) is 0 Å². The number of methoxy groups -OCH3 is 1. The number of esters is 1. The van der Waals surface area contributed by atoms with Gasteiger partial charge in [0, 0.05) is 24.5 Å². The van der Waals surface area contributed by atoms with Gasteiger partial charge in [-0.05, 0) is 32.4 Å². The first-order valence-corrected chi connectivity index (χ1v) is 5.37. The van der Waals surface area contributed by atoms with Gasteiger partial charge in [0.05, 0.1) is 7.11 Å². The molecule has 0 fully saturated rings. The van der Waals surface area contributed by atoms with Crippen LogP contribution in [0.5, 0.6) is 0 Å². The lowest BCUT2D eigenvalue weighted by atomic mass is 10.1. The highest BCUT2D eigenvalue weighted by Gasteiger charge is 2.09. The smallest absolute Gasteiger partial charge is 0.325 e. The molecule has 1 rings (SSSR count). The Morgan fingerprint density at radius 3 is 2.75 bits per heavy atom. The van der Waals surface area contributed by atoms with E-state index in [-0.39, 0.29) is 18.1 Å². The molecule has 1 aromatic rings. The Balaban J connectivity index is 2.48. The maximum atomic E-state index is 11.0. The van der Waals surface area contributed by atoms with Crippen LogP contribution in [0.4, 0.5) is 0 Å². The Morgan fingerprint density at radius 1 is 1.50 bits per heavy atom. The van der Waals surface area contributed by atoms with Crippen LogP contribution in [-0.4, -0.2) is 23.2 Å². The largest absolute Gasteiger partial charge is 0.468 e. The Hall–Kier alpha value is -1.29. The van der Waals surface area contributed by atoms with Gasteiger partial charge in [0.2, 0.25) is 0 Å². The molecule has 0 amide bonds. The zero-order chi connectivity index (χ0) is 12.2. The minimum Gasteiger partial charge on any atom is -0.468 e. The van der Waals surface area contributed by atoms with Gasteiger partial charge in [-0.3, -0.25) is 4.79 Å². The number of carbonyl (C=O) groups is 1. The van der Waals surface area contributed by atoms with E-state index in [0.717, 1.165) is 6.54 Å². The first-order chi connectivity index (χ1) is 7.40. The summed E-state index contributed by atoms with van der Waals surface area (Å²) in [5.41, 5.74) is 1.27. The molecule has 1 N–H and O–H groups in total. The highest BCUT2D eigenvalue weighted by atomic mass is 16.5. The van der Waals surface area contributed by atoms with Crippen molar-refractivity contribution >= 4 is 5.97 Å². The molecular weight excluding hydrogens is 204 g/mol. The van der Waals surface area contributed by atoms with Gasteiger partial charge in [-0.25, -0.2) is 0 Å². The van der Waals surface area contributed by atoms with Crippen LogP contribution < -0.4 is 5.32 Å². The summed E-state index contributed by atoms with van der Waals surface area (Å²) in [5.74, 6) is -0.231. The summed E-state index contributed by atoms with van der Waals surface area (Å²) in [6.45, 7) is 7.44. The van der Waals surface area contributed by atoms with E-state index in [1.807, 2.05) is 23.0 Å². The van der Waals surface area contributed by atoms with Gasteiger partial charge >= 0.3 is 5.97 Å². The van der Waals surface area contributed by atoms with E-state index < -0.39 is 0 Å². The van der Waals surface area contributed by atoms with Gasteiger partial charge in [0.15, 0.2) is 0 Å². The summed E-state index contributed by atoms with van der Waals surface area (Å²) >= 11 is 0. The van der Waals surface area contributed by atoms with Crippen LogP contribution in [0.3, 0.4) is 0 Å². The first kappa shape index (κ1) is 12.8. The summed E-state index contributed by atoms with van der Waals surface area (Å²) in [4.78, 5) is 11.0. The molecule has 0 aromatic carbocycles. The van der Waals surface area contributed by atoms with E-state index in [9.17, 15) is 4.79 Å². The van der Waals surface area contributed by atoms with E-state index in [4.69, 9.17) is 0 Å². The fourth-order valence-electron chi connectivity index (χ4n) is 1.27. The number of nitrogens with one attached hydrogen (secondary N) is 1. The molecular formula is C12H20N2O2. The minimum absolute atomic E-state index is 0.102. The maximum Gasteiger partial charge on any atom is 0.325 e. The second-order valence-electron chi connectivity index (χ2n) is 4.87. The third-order valence-electron chi connectivity index (χ3n) is 2.17. The predicted molar refractivity (Wildman–Crippen MR) is 63.0 cm³/mol. The Bertz CT molecular complexity index is 350. The molecule has 1 heterocycles. The lowest BCUT2D eigenvalue weighted by Gasteiger charge is -2.19. The van der Waals surface area contributed by atoms with Crippen molar-refractivity contribution in [3.05, 3.63) is 24.0 Å². The molecule has 0 saturated carbocycles. The lowest BCUT2D eigenvalue weighted by molar-refractivity contribution is -0.141. The molecule has 0 unspecified atom stereocenters. The molecule has 0 radical (unpaired) electrons. The highest BCUT2D eigenvalue weighted by Crippen LogP contribution is 2.05. The minimum atomic E-state index is -0.231. The van der Waals surface area contributed by atoms with Gasteiger partial charge in [0.25, 0.3) is 0 Å². The molecule has 0 bridgehead atoms. The van der Waals surface area contributed by atoms with Crippen molar-refractivity contribution < 1.29 is 9.53 Å². The van der Waals surface area contributed by atoms with Gasteiger partial charge < -0.3 is 14.6 Å². The van der Waals surface area contributed by atoms with Crippen LogP contribution in [0.15, 0.2) is 18.5 Å². The normalized spacial score (nSPS) is 11.5. The highest BCUT2D eigenvalue weighted by molar-refractivity contribution is 5.68. The Labute approximate surface area is 96.6 Å². The number of nitrogens with zero attached hydrogens (tertiary/aromatic N) is 1. The van der Waals surface area contributed by atoms with Gasteiger partial charge in [-0.15, -0.1) is 0 Å². The monoisotopic (exact) mass is 224 g/mol. The molecule has 0 spiro atoms. The molecule has 4 nitrogen and oxygen atoms in total. The van der Waals surface area contributed by atoms with E-state index in [0.29, 0.717) is 0 Å². The first-order valence-electron chi connectivity index (χ1n) is 5.37. The van der Waals surface area contributed by atoms with Crippen molar-refractivity contribution in [2.24, 2.45) is 0 Å². The van der Waals surface area contributed by atoms with Crippen LogP contribution in [0.1, 0.15) is 26.3 Å². The number of hydrogen-bond donors (Lipinski definition) is 1. The van der Waals surface area contributed by atoms with Crippen molar-refractivity contribution in [2.45, 2.75) is 39.4 Å². The number of hydrogen-bond acceptors (Lipinski definition) is 3. The van der Waals surface area contributed by atoms with Crippen LogP contribution in [0.2, 0.25) is 0 Å². The van der Waals surface area contributed by atoms with E-state index in [2.05, 4.69) is 30.8 Å². The number of rotatable bonds is 4. The molecule has 0 atom stereocenters. The molecule has 1 aromatic heterocycles. The summed E-state index contributed by atoms with van der Waals surface area (Å²) < 4.78 is 6.43. The molecule has 16 heavy (non-hydrogen) atoms. The van der Waals surface area contributed by atoms with Crippen molar-refractivity contribution in [3.8, 4) is 0 Å². The lowest BCUT2D eigenvalue weighted by Crippen LogP contribution is -2.34. The van der Waals surface area contributed by atoms with E-state index >= 15 is 0 Å². The number of ether oxygens (including phenoxy) is 1. The zero-order valence-electron chi connectivity index (χ0n) is 10.4.